The molecule has 0 radical (unpaired) electrons. The first-order valence-corrected chi connectivity index (χ1v) is 10.1. The molecule has 160 valence electrons. The van der Waals surface area contributed by atoms with E-state index in [0.717, 1.165) is 18.5 Å². The summed E-state index contributed by atoms with van der Waals surface area (Å²) in [7, 11) is 4.87. The van der Waals surface area contributed by atoms with Gasteiger partial charge in [0.05, 0.1) is 20.8 Å². The van der Waals surface area contributed by atoms with Gasteiger partial charge in [0, 0.05) is 28.6 Å². The van der Waals surface area contributed by atoms with E-state index in [4.69, 9.17) is 21.1 Å². The zero-order valence-corrected chi connectivity index (χ0v) is 18.0. The van der Waals surface area contributed by atoms with E-state index in [1.807, 2.05) is 11.9 Å². The number of likely N-dealkylation sites (N-methyl/N-ethyl adjacent to an activating group) is 1. The quantitative estimate of drug-likeness (QED) is 0.513. The third-order valence-corrected chi connectivity index (χ3v) is 5.88. The second-order valence-corrected chi connectivity index (χ2v) is 7.73. The molecule has 2 aromatic rings. The van der Waals surface area contributed by atoms with Crippen LogP contribution in [0.5, 0.6) is 17.2 Å². The van der Waals surface area contributed by atoms with Crippen molar-refractivity contribution in [1.82, 2.24) is 4.90 Å². The average molecular weight is 432 g/mol. The smallest absolute Gasteiger partial charge is 0.193 e. The number of ether oxygens (including phenoxy) is 2. The molecular formula is C23H26ClNO5. The number of aromatic hydroxyl groups is 1. The van der Waals surface area contributed by atoms with E-state index in [0.29, 0.717) is 16.3 Å². The van der Waals surface area contributed by atoms with E-state index in [2.05, 4.69) is 0 Å². The standard InChI is InChI=1S/C23H26ClNO5/c1-25-11-10-16(17(25)13-26)21-19(29-2)12-20(30-3)22(23(21)28)18(27)9-6-14-4-7-15(24)8-5-14/h4-9,12,16-17,26,28H,10-11,13H2,1-3H3/b9-6+. The van der Waals surface area contributed by atoms with Crippen molar-refractivity contribution in [3.63, 3.8) is 0 Å². The molecule has 2 N–H and O–H groups in total. The number of ketones is 1. The molecule has 7 heteroatoms. The number of aliphatic hydroxyl groups is 1. The number of phenols is 1. The maximum absolute atomic E-state index is 13.0. The fraction of sp³-hybridized carbons (Fsp3) is 0.348. The SMILES string of the molecule is COc1cc(OC)c(C2CCN(C)C2CO)c(O)c1C(=O)/C=C/c1ccc(Cl)cc1. The van der Waals surface area contributed by atoms with Gasteiger partial charge in [0.15, 0.2) is 5.78 Å². The van der Waals surface area contributed by atoms with Gasteiger partial charge in [-0.15, -0.1) is 0 Å². The second kappa shape index (κ2) is 9.51. The minimum absolute atomic E-state index is 0.0600. The molecule has 1 saturated heterocycles. The molecule has 0 saturated carbocycles. The Balaban J connectivity index is 2.05. The largest absolute Gasteiger partial charge is 0.507 e. The molecule has 1 fully saturated rings. The molecule has 1 aliphatic rings. The van der Waals surface area contributed by atoms with Crippen molar-refractivity contribution in [3.8, 4) is 17.2 Å². The van der Waals surface area contributed by atoms with Gasteiger partial charge in [0.1, 0.15) is 22.8 Å². The molecule has 6 nitrogen and oxygen atoms in total. The number of carbonyl (C=O) groups is 1. The number of hydrogen-bond acceptors (Lipinski definition) is 6. The normalized spacial score (nSPS) is 19.4. The van der Waals surface area contributed by atoms with E-state index in [1.54, 1.807) is 36.4 Å². The summed E-state index contributed by atoms with van der Waals surface area (Å²) >= 11 is 5.90. The zero-order valence-electron chi connectivity index (χ0n) is 17.3. The second-order valence-electron chi connectivity index (χ2n) is 7.29. The molecule has 0 amide bonds. The van der Waals surface area contributed by atoms with Crippen molar-refractivity contribution in [2.24, 2.45) is 0 Å². The van der Waals surface area contributed by atoms with Crippen LogP contribution in [0, 0.1) is 0 Å². The molecule has 2 atom stereocenters. The summed E-state index contributed by atoms with van der Waals surface area (Å²) in [6.07, 6.45) is 3.77. The van der Waals surface area contributed by atoms with Gasteiger partial charge in [-0.1, -0.05) is 29.8 Å². The summed E-state index contributed by atoms with van der Waals surface area (Å²) in [4.78, 5) is 15.1. The van der Waals surface area contributed by atoms with Crippen molar-refractivity contribution in [2.75, 3.05) is 34.4 Å². The number of carbonyl (C=O) groups excluding carboxylic acids is 1. The molecule has 0 aliphatic carbocycles. The predicted octanol–water partition coefficient (Wildman–Crippen LogP) is 3.74. The summed E-state index contributed by atoms with van der Waals surface area (Å²) in [6.45, 7) is 0.708. The molecular weight excluding hydrogens is 406 g/mol. The van der Waals surface area contributed by atoms with Gasteiger partial charge in [-0.05, 0) is 43.8 Å². The number of nitrogens with zero attached hydrogens (tertiary/aromatic N) is 1. The van der Waals surface area contributed by atoms with Crippen molar-refractivity contribution < 1.29 is 24.5 Å². The van der Waals surface area contributed by atoms with Crippen LogP contribution in [0.15, 0.2) is 36.4 Å². The first-order valence-electron chi connectivity index (χ1n) is 9.68. The molecule has 1 aliphatic heterocycles. The number of halogens is 1. The Morgan fingerprint density at radius 3 is 2.50 bits per heavy atom. The van der Waals surface area contributed by atoms with E-state index in [1.165, 1.54) is 20.3 Å². The summed E-state index contributed by atoms with van der Waals surface area (Å²) in [5.41, 5.74) is 1.40. The molecule has 2 unspecified atom stereocenters. The number of benzene rings is 2. The van der Waals surface area contributed by atoms with Crippen LogP contribution in [-0.2, 0) is 0 Å². The minimum Gasteiger partial charge on any atom is -0.507 e. The number of methoxy groups -OCH3 is 2. The highest BCUT2D eigenvalue weighted by Crippen LogP contribution is 2.47. The first kappa shape index (κ1) is 22.2. The van der Waals surface area contributed by atoms with Gasteiger partial charge in [0.25, 0.3) is 0 Å². The number of phenolic OH excluding ortho intramolecular Hbond substituents is 1. The lowest BCUT2D eigenvalue weighted by Gasteiger charge is -2.26. The number of likely N-dealkylation sites (tertiary alicyclic amines) is 1. The Hall–Kier alpha value is -2.54. The van der Waals surface area contributed by atoms with Crippen molar-refractivity contribution >= 4 is 23.5 Å². The van der Waals surface area contributed by atoms with E-state index >= 15 is 0 Å². The monoisotopic (exact) mass is 431 g/mol. The third kappa shape index (κ3) is 4.31. The van der Waals surface area contributed by atoms with Crippen LogP contribution >= 0.6 is 11.6 Å². The Morgan fingerprint density at radius 1 is 1.23 bits per heavy atom. The number of allylic oxidation sites excluding steroid dienone is 1. The fourth-order valence-corrected chi connectivity index (χ4v) is 4.13. The molecule has 0 aromatic heterocycles. The van der Waals surface area contributed by atoms with Crippen LogP contribution in [0.4, 0.5) is 0 Å². The lowest BCUT2D eigenvalue weighted by atomic mass is 9.87. The van der Waals surface area contributed by atoms with Crippen LogP contribution < -0.4 is 9.47 Å². The van der Waals surface area contributed by atoms with Crippen molar-refractivity contribution in [3.05, 3.63) is 58.1 Å². The van der Waals surface area contributed by atoms with E-state index < -0.39 is 5.78 Å². The molecule has 30 heavy (non-hydrogen) atoms. The molecule has 0 spiro atoms. The Labute approximate surface area is 181 Å². The number of hydrogen-bond donors (Lipinski definition) is 2. The van der Waals surface area contributed by atoms with Gasteiger partial charge >= 0.3 is 0 Å². The molecule has 0 bridgehead atoms. The zero-order chi connectivity index (χ0) is 21.8. The topological polar surface area (TPSA) is 79.2 Å². The van der Waals surface area contributed by atoms with Gasteiger partial charge in [-0.25, -0.2) is 0 Å². The Morgan fingerprint density at radius 2 is 1.90 bits per heavy atom. The van der Waals surface area contributed by atoms with Crippen LogP contribution in [0.2, 0.25) is 5.02 Å². The van der Waals surface area contributed by atoms with Gasteiger partial charge in [-0.2, -0.15) is 0 Å². The maximum atomic E-state index is 13.0. The number of aliphatic hydroxyl groups excluding tert-OH is 1. The molecule has 3 rings (SSSR count). The lowest BCUT2D eigenvalue weighted by molar-refractivity contribution is 0.104. The summed E-state index contributed by atoms with van der Waals surface area (Å²) in [5.74, 6) is -0.0782. The minimum atomic E-state index is -0.393. The highest BCUT2D eigenvalue weighted by atomic mass is 35.5. The average Bonchev–Trinajstić information content (AvgIpc) is 3.12. The summed E-state index contributed by atoms with van der Waals surface area (Å²) < 4.78 is 10.9. The highest BCUT2D eigenvalue weighted by molar-refractivity contribution is 6.30. The number of rotatable bonds is 7. The van der Waals surface area contributed by atoms with Gasteiger partial charge in [0.2, 0.25) is 0 Å². The molecule has 1 heterocycles. The van der Waals surface area contributed by atoms with Crippen LogP contribution in [0.1, 0.15) is 33.8 Å². The van der Waals surface area contributed by atoms with Crippen LogP contribution in [-0.4, -0.2) is 61.4 Å². The summed E-state index contributed by atoms with van der Waals surface area (Å²) in [5, 5.41) is 21.6. The van der Waals surface area contributed by atoms with Crippen LogP contribution in [0.25, 0.3) is 6.08 Å². The Bertz CT molecular complexity index is 942. The van der Waals surface area contributed by atoms with E-state index in [-0.39, 0.29) is 35.6 Å². The third-order valence-electron chi connectivity index (χ3n) is 5.63. The maximum Gasteiger partial charge on any atom is 0.193 e. The van der Waals surface area contributed by atoms with Crippen molar-refractivity contribution in [1.29, 1.82) is 0 Å². The lowest BCUT2D eigenvalue weighted by Crippen LogP contribution is -2.32. The van der Waals surface area contributed by atoms with E-state index in [9.17, 15) is 15.0 Å². The fourth-order valence-electron chi connectivity index (χ4n) is 4.00. The van der Waals surface area contributed by atoms with Crippen molar-refractivity contribution in [2.45, 2.75) is 18.4 Å². The Kier molecular flexibility index (Phi) is 7.02. The molecule has 2 aromatic carbocycles. The highest BCUT2D eigenvalue weighted by Gasteiger charge is 2.37. The van der Waals surface area contributed by atoms with Gasteiger partial charge < -0.3 is 24.6 Å². The predicted molar refractivity (Wildman–Crippen MR) is 117 cm³/mol. The first-order chi connectivity index (χ1) is 14.4. The van der Waals surface area contributed by atoms with Crippen LogP contribution in [0.3, 0.4) is 0 Å². The van der Waals surface area contributed by atoms with Gasteiger partial charge in [-0.3, -0.25) is 4.79 Å². The summed E-state index contributed by atoms with van der Waals surface area (Å²) in [6, 6.07) is 8.50.